The van der Waals surface area contributed by atoms with E-state index in [4.69, 9.17) is 0 Å². The molecule has 0 saturated heterocycles. The van der Waals surface area contributed by atoms with Gasteiger partial charge in [0.1, 0.15) is 11.5 Å². The van der Waals surface area contributed by atoms with Gasteiger partial charge in [-0.25, -0.2) is 13.5 Å². The number of aryl methyl sites for hydroxylation is 3. The van der Waals surface area contributed by atoms with Crippen LogP contribution < -0.4 is 5.56 Å². The average molecular weight is 422 g/mol. The fourth-order valence-electron chi connectivity index (χ4n) is 4.36. The Bertz CT molecular complexity index is 1330. The average Bonchev–Trinajstić information content (AvgIpc) is 3.50. The quantitative estimate of drug-likeness (QED) is 0.433. The molecule has 2 aliphatic heterocycles. The number of fused-ring (bicyclic) bond motifs is 3. The van der Waals surface area contributed by atoms with Crippen molar-refractivity contribution in [2.45, 2.75) is 59.0 Å². The van der Waals surface area contributed by atoms with Gasteiger partial charge in [0.05, 0.1) is 16.6 Å². The van der Waals surface area contributed by atoms with Gasteiger partial charge >= 0.3 is 0 Å². The first-order valence-corrected chi connectivity index (χ1v) is 10.8. The van der Waals surface area contributed by atoms with Crippen LogP contribution in [0.4, 0.5) is 8.78 Å². The van der Waals surface area contributed by atoms with Crippen molar-refractivity contribution in [1.29, 1.82) is 0 Å². The van der Waals surface area contributed by atoms with Gasteiger partial charge in [-0.05, 0) is 56.9 Å². The van der Waals surface area contributed by atoms with Crippen LogP contribution in [0.25, 0.3) is 33.3 Å². The van der Waals surface area contributed by atoms with Gasteiger partial charge in [0.25, 0.3) is 5.56 Å². The molecule has 0 unspecified atom stereocenters. The smallest absolute Gasteiger partial charge is 0.277 e. The van der Waals surface area contributed by atoms with Gasteiger partial charge in [0.15, 0.2) is 5.82 Å². The van der Waals surface area contributed by atoms with E-state index in [-0.39, 0.29) is 17.2 Å². The zero-order chi connectivity index (χ0) is 21.9. The van der Waals surface area contributed by atoms with E-state index < -0.39 is 11.6 Å². The van der Waals surface area contributed by atoms with Crippen molar-refractivity contribution in [3.63, 3.8) is 0 Å². The van der Waals surface area contributed by atoms with Crippen LogP contribution in [-0.4, -0.2) is 19.3 Å². The second-order valence-corrected chi connectivity index (χ2v) is 8.49. The Hall–Kier alpha value is -3.09. The standard InChI is InChI=1S/C24H24F2N4O/c1-4-5-8-30-24(31)18-12-29(16-6-7-16)23-17(22(18)28-30)11-19(25)20(21(23)26)15-9-13(2)27-14(3)10-15/h9-12,16H,4-8H2,1-3H3. The largest absolute Gasteiger partial charge is 0.341 e. The lowest BCUT2D eigenvalue weighted by Gasteiger charge is -2.17. The van der Waals surface area contributed by atoms with Crippen molar-refractivity contribution in [3.8, 4) is 22.4 Å². The molecule has 0 N–H and O–H groups in total. The zero-order valence-corrected chi connectivity index (χ0v) is 17.9. The molecule has 1 saturated carbocycles. The molecule has 1 fully saturated rings. The molecular formula is C24H24F2N4O. The number of benzene rings is 1. The summed E-state index contributed by atoms with van der Waals surface area (Å²) < 4.78 is 34.5. The molecule has 1 aromatic heterocycles. The zero-order valence-electron chi connectivity index (χ0n) is 17.9. The highest BCUT2D eigenvalue weighted by Crippen LogP contribution is 2.43. The van der Waals surface area contributed by atoms with Gasteiger partial charge in [-0.1, -0.05) is 13.3 Å². The van der Waals surface area contributed by atoms with Gasteiger partial charge in [0.2, 0.25) is 0 Å². The van der Waals surface area contributed by atoms with Gasteiger partial charge in [-0.15, -0.1) is 0 Å². The van der Waals surface area contributed by atoms with E-state index in [9.17, 15) is 4.79 Å². The van der Waals surface area contributed by atoms with Crippen LogP contribution in [0, 0.1) is 25.5 Å². The number of nitrogens with zero attached hydrogens (tertiary/aromatic N) is 4. The van der Waals surface area contributed by atoms with Crippen molar-refractivity contribution < 1.29 is 8.78 Å². The van der Waals surface area contributed by atoms with E-state index in [1.807, 2.05) is 11.5 Å². The van der Waals surface area contributed by atoms with Crippen LogP contribution in [0.15, 0.2) is 29.2 Å². The number of hydrogen-bond acceptors (Lipinski definition) is 3. The first kappa shape index (κ1) is 19.8. The molecule has 0 amide bonds. The highest BCUT2D eigenvalue weighted by atomic mass is 19.1. The summed E-state index contributed by atoms with van der Waals surface area (Å²) in [6.45, 7) is 6.15. The Labute approximate surface area is 178 Å². The number of halogens is 2. The summed E-state index contributed by atoms with van der Waals surface area (Å²) >= 11 is 0. The van der Waals surface area contributed by atoms with Crippen LogP contribution >= 0.6 is 0 Å². The maximum absolute atomic E-state index is 16.0. The lowest BCUT2D eigenvalue weighted by Crippen LogP contribution is -2.17. The van der Waals surface area contributed by atoms with Crippen LogP contribution in [0.1, 0.15) is 50.0 Å². The third-order valence-electron chi connectivity index (χ3n) is 5.95. The maximum atomic E-state index is 16.0. The summed E-state index contributed by atoms with van der Waals surface area (Å²) in [6.07, 6.45) is 5.26. The predicted molar refractivity (Wildman–Crippen MR) is 116 cm³/mol. The maximum Gasteiger partial charge on any atom is 0.277 e. The molecule has 7 heteroatoms. The topological polar surface area (TPSA) is 52.7 Å². The van der Waals surface area contributed by atoms with Crippen molar-refractivity contribution >= 4 is 10.9 Å². The minimum atomic E-state index is -0.666. The van der Waals surface area contributed by atoms with E-state index >= 15 is 8.78 Å². The Balaban J connectivity index is 1.84. The minimum absolute atomic E-state index is 0.0670. The van der Waals surface area contributed by atoms with E-state index in [2.05, 4.69) is 10.1 Å². The van der Waals surface area contributed by atoms with Crippen LogP contribution in [0.2, 0.25) is 0 Å². The Morgan fingerprint density at radius 1 is 1.13 bits per heavy atom. The van der Waals surface area contributed by atoms with Crippen LogP contribution in [-0.2, 0) is 6.54 Å². The summed E-state index contributed by atoms with van der Waals surface area (Å²) in [5, 5.41) is 4.80. The van der Waals surface area contributed by atoms with E-state index in [1.54, 1.807) is 32.2 Å². The normalized spacial score (nSPS) is 14.1. The summed E-state index contributed by atoms with van der Waals surface area (Å²) in [5.41, 5.74) is 2.67. The van der Waals surface area contributed by atoms with Crippen molar-refractivity contribution in [1.82, 2.24) is 19.3 Å². The molecule has 3 heterocycles. The lowest BCUT2D eigenvalue weighted by molar-refractivity contribution is 0.560. The second kappa shape index (κ2) is 7.25. The molecule has 3 aliphatic rings. The second-order valence-electron chi connectivity index (χ2n) is 8.49. The monoisotopic (exact) mass is 422 g/mol. The lowest BCUT2D eigenvalue weighted by atomic mass is 9.99. The molecule has 0 bridgehead atoms. The summed E-state index contributed by atoms with van der Waals surface area (Å²) in [5.74, 6) is -1.29. The fraction of sp³-hybridized carbons (Fsp3) is 0.375. The highest BCUT2D eigenvalue weighted by molar-refractivity contribution is 5.97. The number of pyridine rings is 2. The van der Waals surface area contributed by atoms with Crippen LogP contribution in [0.5, 0.6) is 0 Å². The van der Waals surface area contributed by atoms with Gasteiger partial charge in [-0.3, -0.25) is 9.78 Å². The van der Waals surface area contributed by atoms with Crippen molar-refractivity contribution in [2.24, 2.45) is 0 Å². The van der Waals surface area contributed by atoms with Gasteiger partial charge in [0, 0.05) is 35.6 Å². The fourth-order valence-corrected chi connectivity index (χ4v) is 4.36. The molecule has 0 spiro atoms. The Kier molecular flexibility index (Phi) is 4.64. The summed E-state index contributed by atoms with van der Waals surface area (Å²) in [6, 6.07) is 4.82. The number of unbranched alkanes of at least 4 members (excludes halogenated alkanes) is 1. The minimum Gasteiger partial charge on any atom is -0.341 e. The molecule has 2 aromatic rings. The number of hydrogen-bond donors (Lipinski definition) is 0. The third kappa shape index (κ3) is 3.23. The SMILES string of the molecule is CCCCn1nc2c3cc(F)c(-c4cc(C)nc(C)c4)c(F)c3n(C3CC3)cc-2c1=O. The highest BCUT2D eigenvalue weighted by Gasteiger charge is 2.31. The summed E-state index contributed by atoms with van der Waals surface area (Å²) in [7, 11) is 0. The van der Waals surface area contributed by atoms with E-state index in [0.717, 1.165) is 25.7 Å². The number of aromatic nitrogens is 4. The van der Waals surface area contributed by atoms with E-state index in [1.165, 1.54) is 10.7 Å². The first-order chi connectivity index (χ1) is 14.9. The molecule has 31 heavy (non-hydrogen) atoms. The molecule has 0 atom stereocenters. The first-order valence-electron chi connectivity index (χ1n) is 10.8. The van der Waals surface area contributed by atoms with Crippen LogP contribution in [0.3, 0.4) is 0 Å². The van der Waals surface area contributed by atoms with Gasteiger partial charge < -0.3 is 4.57 Å². The molecular weight excluding hydrogens is 398 g/mol. The van der Waals surface area contributed by atoms with Crippen molar-refractivity contribution in [2.75, 3.05) is 0 Å². The Morgan fingerprint density at radius 3 is 2.48 bits per heavy atom. The summed E-state index contributed by atoms with van der Waals surface area (Å²) in [4.78, 5) is 17.2. The molecule has 5 nitrogen and oxygen atoms in total. The van der Waals surface area contributed by atoms with Crippen molar-refractivity contribution in [3.05, 3.63) is 57.8 Å². The molecule has 1 aliphatic carbocycles. The predicted octanol–water partition coefficient (Wildman–Crippen LogP) is 5.39. The molecule has 160 valence electrons. The van der Waals surface area contributed by atoms with Gasteiger partial charge in [-0.2, -0.15) is 5.10 Å². The molecule has 0 radical (unpaired) electrons. The number of rotatable bonds is 5. The third-order valence-corrected chi connectivity index (χ3v) is 5.95. The molecule has 1 aromatic carbocycles. The Morgan fingerprint density at radius 2 is 1.84 bits per heavy atom. The molecule has 5 rings (SSSR count). The van der Waals surface area contributed by atoms with E-state index in [0.29, 0.717) is 45.7 Å².